The van der Waals surface area contributed by atoms with Crippen LogP contribution in [0, 0.1) is 11.6 Å². The molecular weight excluding hydrogens is 1300 g/mol. The van der Waals surface area contributed by atoms with Gasteiger partial charge in [-0.1, -0.05) is 70.1 Å². The van der Waals surface area contributed by atoms with Crippen molar-refractivity contribution in [3.05, 3.63) is 210 Å². The van der Waals surface area contributed by atoms with E-state index in [2.05, 4.69) is 91.4 Å². The molecule has 0 spiro atoms. The molecule has 88 heavy (non-hydrogen) atoms. The number of nitrogens with one attached hydrogen (secondary N) is 3. The zero-order valence-electron chi connectivity index (χ0n) is 46.6. The maximum atomic E-state index is 14.5. The summed E-state index contributed by atoms with van der Waals surface area (Å²) in [4.78, 5) is 78.7. The quantitative estimate of drug-likeness (QED) is 0.0510. The number of fused-ring (bicyclic) bond motifs is 2. The lowest BCUT2D eigenvalue weighted by atomic mass is 9.92. The van der Waals surface area contributed by atoms with Crippen LogP contribution in [-0.2, 0) is 9.53 Å². The van der Waals surface area contributed by atoms with Gasteiger partial charge in [0.2, 0.25) is 0 Å². The SMILES string of the molecule is CNC(=O)c1ccc(-c2nccnc2C2CN(c3ccc4ncc(Cl)cc4n3)C2)cc1F.CNC(=O)c1ccc(-c2nccnc2C2CNC2)cc1F.COC(=O)/C=C/c1ncc(Cl)cc1N.Clc1cnc2ccc(Cl)nc2c1.Nc1cc(Cl)cnc1Br. The molecule has 10 heterocycles. The molecule has 0 bridgehead atoms. The highest BCUT2D eigenvalue weighted by Gasteiger charge is 2.33. The minimum absolute atomic E-state index is 0.00604. The zero-order chi connectivity index (χ0) is 63.0. The minimum atomic E-state index is -0.596. The van der Waals surface area contributed by atoms with E-state index in [-0.39, 0.29) is 17.0 Å². The molecule has 450 valence electrons. The summed E-state index contributed by atoms with van der Waals surface area (Å²) in [5, 5.41) is 10.6. The Morgan fingerprint density at radius 2 is 1.09 bits per heavy atom. The van der Waals surface area contributed by atoms with Crippen molar-refractivity contribution in [1.82, 2.24) is 65.8 Å². The van der Waals surface area contributed by atoms with Gasteiger partial charge in [0.25, 0.3) is 11.8 Å². The van der Waals surface area contributed by atoms with Crippen LogP contribution in [-0.4, -0.2) is 115 Å². The summed E-state index contributed by atoms with van der Waals surface area (Å²) < 4.78 is 33.6. The van der Waals surface area contributed by atoms with Crippen LogP contribution in [0.4, 0.5) is 26.0 Å². The molecule has 2 aliphatic rings. The van der Waals surface area contributed by atoms with Crippen LogP contribution in [0.25, 0.3) is 50.7 Å². The third kappa shape index (κ3) is 17.1. The molecule has 7 N–H and O–H groups in total. The second kappa shape index (κ2) is 30.8. The Morgan fingerprint density at radius 1 is 0.602 bits per heavy atom. The number of anilines is 3. The van der Waals surface area contributed by atoms with Crippen LogP contribution in [0.15, 0.2) is 145 Å². The van der Waals surface area contributed by atoms with E-state index in [0.717, 1.165) is 52.4 Å². The highest BCUT2D eigenvalue weighted by molar-refractivity contribution is 9.10. The van der Waals surface area contributed by atoms with Gasteiger partial charge in [0, 0.05) is 119 Å². The smallest absolute Gasteiger partial charge is 0.330 e. The first-order valence-electron chi connectivity index (χ1n) is 26.2. The predicted octanol–water partition coefficient (Wildman–Crippen LogP) is 11.7. The Labute approximate surface area is 535 Å². The number of amides is 2. The second-order valence-corrected chi connectivity index (χ2v) is 21.7. The van der Waals surface area contributed by atoms with Gasteiger partial charge in [-0.2, -0.15) is 0 Å². The highest BCUT2D eigenvalue weighted by atomic mass is 79.9. The molecule has 8 aromatic heterocycles. The third-order valence-electron chi connectivity index (χ3n) is 12.9. The minimum Gasteiger partial charge on any atom is -0.466 e. The van der Waals surface area contributed by atoms with Crippen LogP contribution < -0.4 is 32.3 Å². The van der Waals surface area contributed by atoms with Crippen molar-refractivity contribution in [2.45, 2.75) is 11.8 Å². The van der Waals surface area contributed by atoms with Gasteiger partial charge in [-0.15, -0.1) is 0 Å². The van der Waals surface area contributed by atoms with Crippen molar-refractivity contribution in [2.24, 2.45) is 0 Å². The van der Waals surface area contributed by atoms with Gasteiger partial charge in [0.15, 0.2) is 0 Å². The van der Waals surface area contributed by atoms with E-state index in [9.17, 15) is 23.2 Å². The van der Waals surface area contributed by atoms with E-state index >= 15 is 0 Å². The van der Waals surface area contributed by atoms with Crippen LogP contribution in [0.3, 0.4) is 0 Å². The number of methoxy groups -OCH3 is 1. The summed E-state index contributed by atoms with van der Waals surface area (Å²) in [7, 11) is 4.24. The number of benzene rings is 2. The number of nitrogens with zero attached hydrogens (tertiary/aromatic N) is 11. The molecule has 2 aromatic carbocycles. The molecule has 12 rings (SSSR count). The molecule has 0 unspecified atom stereocenters. The monoisotopic (exact) mass is 1350 g/mol. The molecule has 2 fully saturated rings. The maximum Gasteiger partial charge on any atom is 0.330 e. The summed E-state index contributed by atoms with van der Waals surface area (Å²) in [6.45, 7) is 3.11. The molecule has 2 saturated heterocycles. The first-order valence-corrected chi connectivity index (χ1v) is 28.9. The van der Waals surface area contributed by atoms with Gasteiger partial charge in [-0.3, -0.25) is 44.5 Å². The molecule has 0 saturated carbocycles. The van der Waals surface area contributed by atoms with E-state index in [1.54, 1.807) is 85.7 Å². The summed E-state index contributed by atoms with van der Waals surface area (Å²) in [5.41, 5.74) is 19.7. The Morgan fingerprint density at radius 3 is 1.58 bits per heavy atom. The molecule has 2 aliphatic heterocycles. The first kappa shape index (κ1) is 65.3. The van der Waals surface area contributed by atoms with E-state index in [4.69, 9.17) is 69.5 Å². The maximum absolute atomic E-state index is 14.5. The Bertz CT molecular complexity index is 4170. The van der Waals surface area contributed by atoms with E-state index in [1.165, 1.54) is 70.0 Å². The number of nitrogen functional groups attached to an aromatic ring is 2. The number of hydrogen-bond donors (Lipinski definition) is 5. The largest absolute Gasteiger partial charge is 0.466 e. The van der Waals surface area contributed by atoms with Crippen molar-refractivity contribution in [3.63, 3.8) is 0 Å². The van der Waals surface area contributed by atoms with Crippen molar-refractivity contribution in [1.29, 1.82) is 0 Å². The standard InChI is InChI=1S/C23H18ClFN6O.C15H15FN4O.C9H9ClN2O2.C8H4Cl2N2.C5H4BrClN2/c1-26-23(32)16-3-2-13(8-17(16)25)21-22(28-7-6-27-21)14-11-31(12-14)20-5-4-18-19(30-20)9-15(24)10-29-18;1-17-15(21)11-3-2-9(6-12(11)16)13-14(10-7-18-8-10)20-5-4-19-13;1-14-9(13)3-2-8-7(11)4-6(10)5-12-8;9-5-3-7-6(11-4-5)1-2-8(10)12-7;6-5-4(8)1-3(7)2-9-5/h2-10,14H,11-12H2,1H3,(H,26,32);2-6,10,18H,7-8H2,1H3,(H,17,21);2-5H,11H2,1H3;1-4H;1-2H,8H2/b;;3-2+;;. The Hall–Kier alpha value is -8.68. The van der Waals surface area contributed by atoms with Crippen LogP contribution >= 0.6 is 73.9 Å². The summed E-state index contributed by atoms with van der Waals surface area (Å²) in [5.74, 6) is -1.27. The van der Waals surface area contributed by atoms with Gasteiger partial charge in [-0.05, 0) is 94.8 Å². The number of pyridine rings is 6. The number of esters is 1. The fourth-order valence-corrected chi connectivity index (χ4v) is 9.39. The third-order valence-corrected chi connectivity index (χ3v) is 14.6. The zero-order valence-corrected chi connectivity index (χ0v) is 51.9. The number of nitrogens with two attached hydrogens (primary N) is 2. The number of ether oxygens (including phenoxy) is 1. The number of halogens is 8. The van der Waals surface area contributed by atoms with Crippen LogP contribution in [0.1, 0.15) is 49.6 Å². The molecule has 2 amide bonds. The molecule has 28 heteroatoms. The van der Waals surface area contributed by atoms with Crippen molar-refractivity contribution in [2.75, 3.05) is 63.8 Å². The molecular formula is C60H50BrCl5F2N16O4. The number of hydrogen-bond acceptors (Lipinski definition) is 18. The Kier molecular flexibility index (Phi) is 22.8. The van der Waals surface area contributed by atoms with Crippen molar-refractivity contribution in [3.8, 4) is 22.5 Å². The number of aromatic nitrogens is 10. The normalized spacial score (nSPS) is 12.6. The average Bonchev–Trinajstić information content (AvgIpc) is 1.56. The van der Waals surface area contributed by atoms with Gasteiger partial charge < -0.3 is 37.1 Å². The molecule has 10 aromatic rings. The first-order chi connectivity index (χ1) is 42.3. The van der Waals surface area contributed by atoms with Gasteiger partial charge in [0.05, 0.1) is 100 Å². The van der Waals surface area contributed by atoms with Gasteiger partial charge >= 0.3 is 5.97 Å². The summed E-state index contributed by atoms with van der Waals surface area (Å²) in [6.07, 6.45) is 15.3. The summed E-state index contributed by atoms with van der Waals surface area (Å²) in [6, 6.07) is 23.1. The van der Waals surface area contributed by atoms with Crippen molar-refractivity contribution < 1.29 is 27.9 Å². The van der Waals surface area contributed by atoms with E-state index < -0.39 is 29.4 Å². The average molecular weight is 1350 g/mol. The topological polar surface area (TPSA) is 281 Å². The molecule has 0 aliphatic carbocycles. The Balaban J connectivity index is 0.000000154. The lowest BCUT2D eigenvalue weighted by Crippen LogP contribution is -2.46. The summed E-state index contributed by atoms with van der Waals surface area (Å²) >= 11 is 31.8. The van der Waals surface area contributed by atoms with E-state index in [1.807, 2.05) is 12.1 Å². The number of carbonyl (C=O) groups is 3. The fourth-order valence-electron chi connectivity index (χ4n) is 8.39. The molecule has 0 radical (unpaired) electrons. The van der Waals surface area contributed by atoms with E-state index in [0.29, 0.717) is 88.4 Å². The van der Waals surface area contributed by atoms with Gasteiger partial charge in [0.1, 0.15) is 27.2 Å². The van der Waals surface area contributed by atoms with Crippen molar-refractivity contribution >= 4 is 137 Å². The van der Waals surface area contributed by atoms with Crippen LogP contribution in [0.5, 0.6) is 0 Å². The lowest BCUT2D eigenvalue weighted by Gasteiger charge is -2.40. The second-order valence-electron chi connectivity index (χ2n) is 18.8. The molecule has 0 atom stereocenters. The predicted molar refractivity (Wildman–Crippen MR) is 342 cm³/mol. The highest BCUT2D eigenvalue weighted by Crippen LogP contribution is 2.36. The van der Waals surface area contributed by atoms with Gasteiger partial charge in [-0.25, -0.2) is 28.5 Å². The number of rotatable bonds is 9. The van der Waals surface area contributed by atoms with Crippen LogP contribution in [0.2, 0.25) is 25.2 Å². The molecule has 20 nitrogen and oxygen atoms in total. The fraction of sp³-hybridized carbons (Fsp3) is 0.150. The number of carbonyl (C=O) groups excluding carboxylic acids is 3. The lowest BCUT2D eigenvalue weighted by molar-refractivity contribution is -0.134.